The maximum absolute atomic E-state index is 11.8. The lowest BCUT2D eigenvalue weighted by molar-refractivity contribution is -0.122. The van der Waals surface area contributed by atoms with E-state index in [1.54, 1.807) is 0 Å². The Balaban J connectivity index is 1.70. The van der Waals surface area contributed by atoms with Crippen LogP contribution in [0.25, 0.3) is 0 Å². The van der Waals surface area contributed by atoms with Crippen LogP contribution in [0.1, 0.15) is 37.7 Å². The average molecular weight is 281 g/mol. The zero-order valence-corrected chi connectivity index (χ0v) is 11.9. The normalized spacial score (nSPS) is 17.4. The van der Waals surface area contributed by atoms with Gasteiger partial charge in [0.2, 0.25) is 5.91 Å². The maximum Gasteiger partial charge on any atom is 0.221 e. The number of rotatable bonds is 5. The van der Waals surface area contributed by atoms with E-state index in [-0.39, 0.29) is 11.4 Å². The highest BCUT2D eigenvalue weighted by Gasteiger charge is 2.31. The monoisotopic (exact) mass is 280 g/mol. The molecule has 0 radical (unpaired) electrons. The van der Waals surface area contributed by atoms with Crippen molar-refractivity contribution in [2.24, 2.45) is 5.73 Å². The molecule has 1 aliphatic rings. The van der Waals surface area contributed by atoms with Crippen LogP contribution in [0, 0.1) is 0 Å². The Morgan fingerprint density at radius 2 is 1.89 bits per heavy atom. The zero-order valence-electron chi connectivity index (χ0n) is 11.1. The Bertz CT molecular complexity index is 424. The van der Waals surface area contributed by atoms with E-state index in [0.717, 1.165) is 37.1 Å². The fourth-order valence-electron chi connectivity index (χ4n) is 2.64. The molecule has 0 saturated heterocycles. The first-order valence-electron chi connectivity index (χ1n) is 6.87. The van der Waals surface area contributed by atoms with Crippen molar-refractivity contribution in [2.75, 3.05) is 6.54 Å². The predicted molar refractivity (Wildman–Crippen MR) is 78.2 cm³/mol. The molecule has 19 heavy (non-hydrogen) atoms. The minimum absolute atomic E-state index is 0.0679. The minimum Gasteiger partial charge on any atom is -0.356 e. The maximum atomic E-state index is 11.8. The van der Waals surface area contributed by atoms with Crippen LogP contribution in [0.15, 0.2) is 24.3 Å². The number of hydrogen-bond acceptors (Lipinski definition) is 2. The van der Waals surface area contributed by atoms with Gasteiger partial charge in [0.25, 0.3) is 0 Å². The number of nitrogens with one attached hydrogen (secondary N) is 1. The fourth-order valence-corrected chi connectivity index (χ4v) is 2.76. The lowest BCUT2D eigenvalue weighted by Crippen LogP contribution is -2.42. The highest BCUT2D eigenvalue weighted by atomic mass is 35.5. The molecule has 0 atom stereocenters. The van der Waals surface area contributed by atoms with E-state index in [4.69, 9.17) is 17.3 Å². The second-order valence-electron chi connectivity index (χ2n) is 5.47. The number of halogens is 1. The van der Waals surface area contributed by atoms with Crippen molar-refractivity contribution in [3.8, 4) is 0 Å². The van der Waals surface area contributed by atoms with E-state index in [2.05, 4.69) is 5.32 Å². The van der Waals surface area contributed by atoms with Crippen LogP contribution in [-0.4, -0.2) is 18.0 Å². The zero-order chi connectivity index (χ0) is 13.7. The van der Waals surface area contributed by atoms with Gasteiger partial charge in [-0.3, -0.25) is 4.79 Å². The van der Waals surface area contributed by atoms with Crippen molar-refractivity contribution in [1.82, 2.24) is 5.32 Å². The van der Waals surface area contributed by atoms with Gasteiger partial charge >= 0.3 is 0 Å². The number of carbonyl (C=O) groups excluding carboxylic acids is 1. The predicted octanol–water partition coefficient (Wildman–Crippen LogP) is 2.66. The highest BCUT2D eigenvalue weighted by Crippen LogP contribution is 2.29. The van der Waals surface area contributed by atoms with Gasteiger partial charge in [0, 0.05) is 23.5 Å². The third kappa shape index (κ3) is 4.51. The summed E-state index contributed by atoms with van der Waals surface area (Å²) in [6.45, 7) is 0.649. The third-order valence-corrected chi connectivity index (χ3v) is 4.01. The van der Waals surface area contributed by atoms with Gasteiger partial charge in [-0.25, -0.2) is 0 Å². The smallest absolute Gasteiger partial charge is 0.221 e. The summed E-state index contributed by atoms with van der Waals surface area (Å²) in [5, 5.41) is 3.68. The van der Waals surface area contributed by atoms with Gasteiger partial charge in [0.05, 0.1) is 0 Å². The first-order valence-corrected chi connectivity index (χ1v) is 7.25. The number of carbonyl (C=O) groups is 1. The van der Waals surface area contributed by atoms with Crippen molar-refractivity contribution in [2.45, 2.75) is 44.1 Å². The molecule has 0 unspecified atom stereocenters. The molecule has 4 heteroatoms. The van der Waals surface area contributed by atoms with E-state index < -0.39 is 0 Å². The van der Waals surface area contributed by atoms with Crippen LogP contribution in [0.2, 0.25) is 5.02 Å². The molecule has 1 aliphatic carbocycles. The van der Waals surface area contributed by atoms with Crippen LogP contribution in [-0.2, 0) is 11.2 Å². The van der Waals surface area contributed by atoms with E-state index in [9.17, 15) is 4.79 Å². The van der Waals surface area contributed by atoms with Crippen LogP contribution in [0.4, 0.5) is 0 Å². The topological polar surface area (TPSA) is 55.1 Å². The quantitative estimate of drug-likeness (QED) is 0.871. The summed E-state index contributed by atoms with van der Waals surface area (Å²) in [6, 6.07) is 7.70. The van der Waals surface area contributed by atoms with Gasteiger partial charge in [-0.05, 0) is 37.0 Å². The lowest BCUT2D eigenvalue weighted by Gasteiger charge is -2.22. The molecule has 1 fully saturated rings. The molecule has 104 valence electrons. The van der Waals surface area contributed by atoms with E-state index in [1.165, 1.54) is 5.56 Å². The van der Waals surface area contributed by atoms with Gasteiger partial charge in [0.1, 0.15) is 0 Å². The van der Waals surface area contributed by atoms with Crippen LogP contribution in [0.5, 0.6) is 0 Å². The SMILES string of the molecule is NC1(CC(=O)NCCc2ccc(Cl)cc2)CCCC1. The minimum atomic E-state index is -0.260. The fraction of sp³-hybridized carbons (Fsp3) is 0.533. The molecule has 3 N–H and O–H groups in total. The number of amides is 1. The van der Waals surface area contributed by atoms with Crippen molar-refractivity contribution < 1.29 is 4.79 Å². The van der Waals surface area contributed by atoms with Crippen molar-refractivity contribution in [3.63, 3.8) is 0 Å². The molecule has 0 aromatic heterocycles. The first kappa shape index (κ1) is 14.4. The van der Waals surface area contributed by atoms with Crippen molar-refractivity contribution >= 4 is 17.5 Å². The standard InChI is InChI=1S/C15H21ClN2O/c16-13-5-3-12(4-6-13)7-10-18-14(19)11-15(17)8-1-2-9-15/h3-6H,1-2,7-11,17H2,(H,18,19). The second-order valence-corrected chi connectivity index (χ2v) is 5.91. The number of hydrogen-bond donors (Lipinski definition) is 2. The molecule has 0 heterocycles. The van der Waals surface area contributed by atoms with E-state index >= 15 is 0 Å². The summed E-state index contributed by atoms with van der Waals surface area (Å²) in [5.74, 6) is 0.0679. The van der Waals surface area contributed by atoms with E-state index in [0.29, 0.717) is 13.0 Å². The summed E-state index contributed by atoms with van der Waals surface area (Å²) < 4.78 is 0. The van der Waals surface area contributed by atoms with Gasteiger partial charge in [-0.1, -0.05) is 36.6 Å². The average Bonchev–Trinajstić information content (AvgIpc) is 2.78. The Morgan fingerprint density at radius 1 is 1.26 bits per heavy atom. The van der Waals surface area contributed by atoms with Crippen LogP contribution >= 0.6 is 11.6 Å². The molecular formula is C15H21ClN2O. The Labute approximate surface area is 119 Å². The number of nitrogens with two attached hydrogens (primary N) is 1. The number of benzene rings is 1. The van der Waals surface area contributed by atoms with Crippen molar-refractivity contribution in [1.29, 1.82) is 0 Å². The van der Waals surface area contributed by atoms with E-state index in [1.807, 2.05) is 24.3 Å². The van der Waals surface area contributed by atoms with Crippen LogP contribution in [0.3, 0.4) is 0 Å². The highest BCUT2D eigenvalue weighted by molar-refractivity contribution is 6.30. The van der Waals surface area contributed by atoms with Gasteiger partial charge in [-0.2, -0.15) is 0 Å². The van der Waals surface area contributed by atoms with Crippen LogP contribution < -0.4 is 11.1 Å². The molecule has 0 aliphatic heterocycles. The third-order valence-electron chi connectivity index (χ3n) is 3.76. The lowest BCUT2D eigenvalue weighted by atomic mass is 9.94. The Hall–Kier alpha value is -1.06. The molecule has 3 nitrogen and oxygen atoms in total. The summed E-state index contributed by atoms with van der Waals surface area (Å²) in [4.78, 5) is 11.8. The van der Waals surface area contributed by atoms with Gasteiger partial charge in [-0.15, -0.1) is 0 Å². The summed E-state index contributed by atoms with van der Waals surface area (Å²) in [5.41, 5.74) is 7.10. The largest absolute Gasteiger partial charge is 0.356 e. The Kier molecular flexibility index (Phi) is 4.83. The molecule has 0 bridgehead atoms. The molecule has 1 saturated carbocycles. The molecule has 1 amide bonds. The molecular weight excluding hydrogens is 260 g/mol. The first-order chi connectivity index (χ1) is 9.07. The molecule has 1 aromatic rings. The van der Waals surface area contributed by atoms with Gasteiger partial charge in [0.15, 0.2) is 0 Å². The summed E-state index contributed by atoms with van der Waals surface area (Å²) >= 11 is 5.82. The molecule has 0 spiro atoms. The summed E-state index contributed by atoms with van der Waals surface area (Å²) in [7, 11) is 0. The Morgan fingerprint density at radius 3 is 2.53 bits per heavy atom. The molecule has 2 rings (SSSR count). The van der Waals surface area contributed by atoms with Gasteiger partial charge < -0.3 is 11.1 Å². The second kappa shape index (κ2) is 6.40. The van der Waals surface area contributed by atoms with Crippen molar-refractivity contribution in [3.05, 3.63) is 34.9 Å². The summed E-state index contributed by atoms with van der Waals surface area (Å²) in [6.07, 6.45) is 5.51. The molecule has 1 aromatic carbocycles.